The normalized spacial score (nSPS) is 11.0. The van der Waals surface area contributed by atoms with Crippen molar-refractivity contribution < 1.29 is 9.53 Å². The second kappa shape index (κ2) is 5.91. The molecule has 5 heteroatoms. The first-order valence-corrected chi connectivity index (χ1v) is 6.72. The first-order valence-electron chi connectivity index (χ1n) is 6.72. The van der Waals surface area contributed by atoms with E-state index in [1.807, 2.05) is 52.1 Å². The van der Waals surface area contributed by atoms with E-state index in [-0.39, 0.29) is 5.82 Å². The Morgan fingerprint density at radius 3 is 2.38 bits per heavy atom. The molecule has 2 aromatic rings. The predicted molar refractivity (Wildman–Crippen MR) is 82.2 cm³/mol. The molecule has 2 rings (SSSR count). The van der Waals surface area contributed by atoms with E-state index in [1.54, 1.807) is 12.4 Å². The van der Waals surface area contributed by atoms with Crippen LogP contribution in [0.1, 0.15) is 31.4 Å². The molecular weight excluding hydrogens is 266 g/mol. The van der Waals surface area contributed by atoms with E-state index in [4.69, 9.17) is 4.74 Å². The van der Waals surface area contributed by atoms with Gasteiger partial charge in [-0.1, -0.05) is 12.1 Å². The van der Waals surface area contributed by atoms with E-state index >= 15 is 0 Å². The molecule has 0 unspecified atom stereocenters. The SMILES string of the molecule is CNc1cccc(-c2cnc(C(=O)OC(C)(C)C)nc2)c1. The number of ether oxygens (including phenoxy) is 1. The molecule has 0 aliphatic carbocycles. The van der Waals surface area contributed by atoms with Crippen molar-refractivity contribution in [1.29, 1.82) is 0 Å². The minimum Gasteiger partial charge on any atom is -0.454 e. The molecule has 0 saturated heterocycles. The lowest BCUT2D eigenvalue weighted by atomic mass is 10.1. The Morgan fingerprint density at radius 2 is 1.81 bits per heavy atom. The number of carbonyl (C=O) groups excluding carboxylic acids is 1. The fraction of sp³-hybridized carbons (Fsp3) is 0.312. The highest BCUT2D eigenvalue weighted by atomic mass is 16.6. The van der Waals surface area contributed by atoms with Crippen LogP contribution in [0.4, 0.5) is 5.69 Å². The van der Waals surface area contributed by atoms with Crippen LogP contribution in [-0.4, -0.2) is 28.6 Å². The van der Waals surface area contributed by atoms with E-state index in [1.165, 1.54) is 0 Å². The van der Waals surface area contributed by atoms with Gasteiger partial charge in [0.25, 0.3) is 0 Å². The largest absolute Gasteiger partial charge is 0.454 e. The molecule has 0 bridgehead atoms. The molecule has 1 aromatic carbocycles. The van der Waals surface area contributed by atoms with Gasteiger partial charge >= 0.3 is 5.97 Å². The van der Waals surface area contributed by atoms with Crippen molar-refractivity contribution in [2.75, 3.05) is 12.4 Å². The van der Waals surface area contributed by atoms with Crippen LogP contribution in [-0.2, 0) is 4.74 Å². The molecule has 5 nitrogen and oxygen atoms in total. The first kappa shape index (κ1) is 15.0. The van der Waals surface area contributed by atoms with Gasteiger partial charge in [0.15, 0.2) is 0 Å². The third-order valence-corrected chi connectivity index (χ3v) is 2.72. The molecule has 0 aliphatic heterocycles. The summed E-state index contributed by atoms with van der Waals surface area (Å²) in [5, 5.41) is 3.08. The fourth-order valence-electron chi connectivity index (χ4n) is 1.76. The average Bonchev–Trinajstić information content (AvgIpc) is 2.46. The molecule has 0 saturated carbocycles. The topological polar surface area (TPSA) is 64.1 Å². The number of esters is 1. The Balaban J connectivity index is 2.20. The Bertz CT molecular complexity index is 631. The Kier molecular flexibility index (Phi) is 4.21. The van der Waals surface area contributed by atoms with Crippen LogP contribution >= 0.6 is 0 Å². The maximum Gasteiger partial charge on any atom is 0.376 e. The maximum atomic E-state index is 11.9. The third kappa shape index (κ3) is 4.02. The highest BCUT2D eigenvalue weighted by molar-refractivity contribution is 5.85. The summed E-state index contributed by atoms with van der Waals surface area (Å²) < 4.78 is 5.23. The van der Waals surface area contributed by atoms with Crippen molar-refractivity contribution in [3.63, 3.8) is 0 Å². The molecule has 0 amide bonds. The Hall–Kier alpha value is -2.43. The minimum absolute atomic E-state index is 0.0680. The number of anilines is 1. The summed E-state index contributed by atoms with van der Waals surface area (Å²) in [6.45, 7) is 5.42. The average molecular weight is 285 g/mol. The van der Waals surface area contributed by atoms with Crippen molar-refractivity contribution in [1.82, 2.24) is 9.97 Å². The zero-order valence-electron chi connectivity index (χ0n) is 12.7. The highest BCUT2D eigenvalue weighted by Gasteiger charge is 2.19. The van der Waals surface area contributed by atoms with Gasteiger partial charge in [0.05, 0.1) is 0 Å². The number of nitrogens with zero attached hydrogens (tertiary/aromatic N) is 2. The summed E-state index contributed by atoms with van der Waals surface area (Å²) in [6, 6.07) is 7.88. The number of benzene rings is 1. The van der Waals surface area contributed by atoms with E-state index in [0.29, 0.717) is 0 Å². The summed E-state index contributed by atoms with van der Waals surface area (Å²) in [5.74, 6) is -0.448. The van der Waals surface area contributed by atoms with Gasteiger partial charge in [0.1, 0.15) is 5.60 Å². The zero-order valence-corrected chi connectivity index (χ0v) is 12.7. The van der Waals surface area contributed by atoms with Crippen LogP contribution in [0, 0.1) is 0 Å². The van der Waals surface area contributed by atoms with E-state index < -0.39 is 11.6 Å². The van der Waals surface area contributed by atoms with Crippen LogP contribution in [0.25, 0.3) is 11.1 Å². The van der Waals surface area contributed by atoms with Gasteiger partial charge in [0.2, 0.25) is 5.82 Å². The quantitative estimate of drug-likeness (QED) is 0.878. The molecule has 1 aromatic heterocycles. The van der Waals surface area contributed by atoms with E-state index in [9.17, 15) is 4.79 Å². The predicted octanol–water partition coefficient (Wildman–Crippen LogP) is 3.14. The lowest BCUT2D eigenvalue weighted by Gasteiger charge is -2.18. The number of hydrogen-bond donors (Lipinski definition) is 1. The van der Waals surface area contributed by atoms with E-state index in [2.05, 4.69) is 15.3 Å². The molecule has 0 atom stereocenters. The third-order valence-electron chi connectivity index (χ3n) is 2.72. The van der Waals surface area contributed by atoms with Crippen LogP contribution in [0.3, 0.4) is 0 Å². The number of carbonyl (C=O) groups is 1. The number of hydrogen-bond acceptors (Lipinski definition) is 5. The summed E-state index contributed by atoms with van der Waals surface area (Å²) in [4.78, 5) is 20.0. The van der Waals surface area contributed by atoms with Crippen molar-refractivity contribution in [3.05, 3.63) is 42.5 Å². The number of rotatable bonds is 3. The molecule has 0 aliphatic rings. The van der Waals surface area contributed by atoms with Crippen LogP contribution < -0.4 is 5.32 Å². The van der Waals surface area contributed by atoms with Crippen molar-refractivity contribution in [2.45, 2.75) is 26.4 Å². The van der Waals surface area contributed by atoms with Crippen LogP contribution in [0.2, 0.25) is 0 Å². The first-order chi connectivity index (χ1) is 9.89. The molecule has 0 radical (unpaired) electrons. The molecule has 0 spiro atoms. The summed E-state index contributed by atoms with van der Waals surface area (Å²) >= 11 is 0. The van der Waals surface area contributed by atoms with Crippen molar-refractivity contribution in [2.24, 2.45) is 0 Å². The highest BCUT2D eigenvalue weighted by Crippen LogP contribution is 2.21. The number of nitrogens with one attached hydrogen (secondary N) is 1. The molecule has 110 valence electrons. The van der Waals surface area contributed by atoms with Gasteiger partial charge < -0.3 is 10.1 Å². The van der Waals surface area contributed by atoms with Crippen molar-refractivity contribution >= 4 is 11.7 Å². The van der Waals surface area contributed by atoms with E-state index in [0.717, 1.165) is 16.8 Å². The van der Waals surface area contributed by atoms with Gasteiger partial charge in [-0.15, -0.1) is 0 Å². The standard InChI is InChI=1S/C16H19N3O2/c1-16(2,3)21-15(20)14-18-9-12(10-19-14)11-6-5-7-13(8-11)17-4/h5-10,17H,1-4H3. The van der Waals surface area contributed by atoms with Gasteiger partial charge in [-0.25, -0.2) is 14.8 Å². The van der Waals surface area contributed by atoms with Crippen molar-refractivity contribution in [3.8, 4) is 11.1 Å². The Morgan fingerprint density at radius 1 is 1.14 bits per heavy atom. The van der Waals surface area contributed by atoms with Crippen LogP contribution in [0.15, 0.2) is 36.7 Å². The lowest BCUT2D eigenvalue weighted by Crippen LogP contribution is -2.25. The van der Waals surface area contributed by atoms with Gasteiger partial charge in [-0.05, 0) is 38.5 Å². The Labute approximate surface area is 124 Å². The molecular formula is C16H19N3O2. The molecule has 0 fully saturated rings. The van der Waals surface area contributed by atoms with Crippen LogP contribution in [0.5, 0.6) is 0 Å². The van der Waals surface area contributed by atoms with Gasteiger partial charge in [-0.2, -0.15) is 0 Å². The summed E-state index contributed by atoms with van der Waals surface area (Å²) in [6.07, 6.45) is 3.25. The lowest BCUT2D eigenvalue weighted by molar-refractivity contribution is 0.00556. The van der Waals surface area contributed by atoms with Gasteiger partial charge in [-0.3, -0.25) is 0 Å². The maximum absolute atomic E-state index is 11.9. The number of aromatic nitrogens is 2. The summed E-state index contributed by atoms with van der Waals surface area (Å²) in [7, 11) is 1.86. The summed E-state index contributed by atoms with van der Waals surface area (Å²) in [5.41, 5.74) is 2.28. The second-order valence-corrected chi connectivity index (χ2v) is 5.63. The molecule has 21 heavy (non-hydrogen) atoms. The zero-order chi connectivity index (χ0) is 15.5. The molecule has 1 heterocycles. The van der Waals surface area contributed by atoms with Gasteiger partial charge in [0, 0.05) is 30.7 Å². The second-order valence-electron chi connectivity index (χ2n) is 5.63. The smallest absolute Gasteiger partial charge is 0.376 e. The molecule has 1 N–H and O–H groups in total. The minimum atomic E-state index is -0.555. The fourth-order valence-corrected chi connectivity index (χ4v) is 1.76. The monoisotopic (exact) mass is 285 g/mol.